The van der Waals surface area contributed by atoms with Gasteiger partial charge in [-0.1, -0.05) is 31.9 Å². The van der Waals surface area contributed by atoms with Crippen molar-refractivity contribution in [2.45, 2.75) is 33.1 Å². The van der Waals surface area contributed by atoms with Gasteiger partial charge in [0.2, 0.25) is 0 Å². The lowest BCUT2D eigenvalue weighted by atomic mass is 9.99. The molecule has 1 aliphatic heterocycles. The van der Waals surface area contributed by atoms with E-state index in [4.69, 9.17) is 11.6 Å². The number of Topliss-reactive ketones (excluding diaryl/α,β-unsaturated/α-hetero) is 1. The largest absolute Gasteiger partial charge is 0.383 e. The van der Waals surface area contributed by atoms with Gasteiger partial charge in [-0.2, -0.15) is 0 Å². The summed E-state index contributed by atoms with van der Waals surface area (Å²) in [6.07, 6.45) is 3.95. The van der Waals surface area contributed by atoms with Gasteiger partial charge in [0.1, 0.15) is 0 Å². The second-order valence-electron chi connectivity index (χ2n) is 6.04. The summed E-state index contributed by atoms with van der Waals surface area (Å²) < 4.78 is 0. The van der Waals surface area contributed by atoms with Crippen molar-refractivity contribution in [2.75, 3.05) is 31.5 Å². The highest BCUT2D eigenvalue weighted by Gasteiger charge is 2.15. The summed E-state index contributed by atoms with van der Waals surface area (Å²) in [6, 6.07) is 5.47. The third kappa shape index (κ3) is 4.72. The number of anilines is 1. The van der Waals surface area contributed by atoms with Crippen LogP contribution in [0.3, 0.4) is 0 Å². The molecule has 1 saturated heterocycles. The van der Waals surface area contributed by atoms with E-state index in [1.54, 1.807) is 6.07 Å². The van der Waals surface area contributed by atoms with Gasteiger partial charge in [0.05, 0.1) is 0 Å². The fourth-order valence-electron chi connectivity index (χ4n) is 2.72. The van der Waals surface area contributed by atoms with E-state index >= 15 is 0 Å². The van der Waals surface area contributed by atoms with Crippen LogP contribution in [0, 0.1) is 5.92 Å². The number of nitrogens with one attached hydrogen (secondary N) is 1. The number of carbonyl (C=O) groups is 1. The van der Waals surface area contributed by atoms with Gasteiger partial charge in [-0.15, -0.1) is 0 Å². The molecule has 2 rings (SSSR count). The number of likely N-dealkylation sites (tertiary alicyclic amines) is 1. The van der Waals surface area contributed by atoms with Gasteiger partial charge in [-0.05, 0) is 44.1 Å². The summed E-state index contributed by atoms with van der Waals surface area (Å²) in [4.78, 5) is 14.7. The zero-order valence-corrected chi connectivity index (χ0v) is 13.7. The smallest absolute Gasteiger partial charge is 0.167 e. The Hall–Kier alpha value is -1.06. The Kier molecular flexibility index (Phi) is 6.07. The molecule has 0 radical (unpaired) electrons. The molecule has 0 aromatic heterocycles. The lowest BCUT2D eigenvalue weighted by Gasteiger charge is -2.26. The van der Waals surface area contributed by atoms with Crippen LogP contribution in [0.2, 0.25) is 5.02 Å². The summed E-state index contributed by atoms with van der Waals surface area (Å²) in [5, 5.41) is 4.05. The van der Waals surface area contributed by atoms with Gasteiger partial charge in [0, 0.05) is 35.3 Å². The number of halogens is 1. The normalized spacial score (nSPS) is 16.2. The number of piperidine rings is 1. The van der Waals surface area contributed by atoms with Crippen molar-refractivity contribution in [2.24, 2.45) is 5.92 Å². The molecular formula is C17H25ClN2O. The molecule has 21 heavy (non-hydrogen) atoms. The van der Waals surface area contributed by atoms with E-state index in [0.717, 1.165) is 24.3 Å². The van der Waals surface area contributed by atoms with Crippen molar-refractivity contribution in [3.05, 3.63) is 28.8 Å². The molecule has 4 heteroatoms. The maximum Gasteiger partial charge on any atom is 0.167 e. The monoisotopic (exact) mass is 308 g/mol. The van der Waals surface area contributed by atoms with Crippen molar-refractivity contribution in [1.82, 2.24) is 4.90 Å². The fraction of sp³-hybridized carbons (Fsp3) is 0.588. The predicted octanol–water partition coefficient (Wildman–Crippen LogP) is 4.08. The Labute approximate surface area is 132 Å². The minimum absolute atomic E-state index is 0.00572. The van der Waals surface area contributed by atoms with Crippen LogP contribution < -0.4 is 5.32 Å². The number of hydrogen-bond acceptors (Lipinski definition) is 3. The molecular weight excluding hydrogens is 284 g/mol. The molecule has 0 atom stereocenters. The van der Waals surface area contributed by atoms with E-state index in [9.17, 15) is 4.79 Å². The molecule has 0 amide bonds. The predicted molar refractivity (Wildman–Crippen MR) is 89.4 cm³/mol. The quantitative estimate of drug-likeness (QED) is 0.804. The van der Waals surface area contributed by atoms with Crippen LogP contribution in [0.4, 0.5) is 5.69 Å². The lowest BCUT2D eigenvalue weighted by molar-refractivity contribution is 0.0940. The Bertz CT molecular complexity index is 482. The first-order valence-corrected chi connectivity index (χ1v) is 8.25. The molecule has 0 unspecified atom stereocenters. The van der Waals surface area contributed by atoms with Crippen LogP contribution in [0.5, 0.6) is 0 Å². The maximum atomic E-state index is 12.2. The van der Waals surface area contributed by atoms with Gasteiger partial charge >= 0.3 is 0 Å². The van der Waals surface area contributed by atoms with Crippen LogP contribution in [-0.2, 0) is 0 Å². The lowest BCUT2D eigenvalue weighted by Crippen LogP contribution is -2.33. The summed E-state index contributed by atoms with van der Waals surface area (Å²) >= 11 is 6.07. The Balaban J connectivity index is 1.97. The highest BCUT2D eigenvalue weighted by atomic mass is 35.5. The van der Waals surface area contributed by atoms with Crippen LogP contribution in [0.25, 0.3) is 0 Å². The third-order valence-corrected chi connectivity index (χ3v) is 4.20. The average molecular weight is 309 g/mol. The van der Waals surface area contributed by atoms with Crippen molar-refractivity contribution in [3.63, 3.8) is 0 Å². The van der Waals surface area contributed by atoms with Gasteiger partial charge < -0.3 is 10.2 Å². The zero-order chi connectivity index (χ0) is 15.2. The molecule has 0 aliphatic carbocycles. The van der Waals surface area contributed by atoms with Crippen molar-refractivity contribution in [1.29, 1.82) is 0 Å². The van der Waals surface area contributed by atoms with E-state index < -0.39 is 0 Å². The number of ketones is 1. The number of carbonyl (C=O) groups excluding carboxylic acids is 1. The topological polar surface area (TPSA) is 32.3 Å². The Morgan fingerprint density at radius 3 is 2.67 bits per heavy atom. The molecule has 3 nitrogen and oxygen atoms in total. The van der Waals surface area contributed by atoms with Gasteiger partial charge in [-0.3, -0.25) is 4.79 Å². The molecule has 116 valence electrons. The molecule has 1 aromatic carbocycles. The number of rotatable bonds is 6. The first-order chi connectivity index (χ1) is 10.1. The molecule has 0 saturated carbocycles. The molecule has 0 spiro atoms. The highest BCUT2D eigenvalue weighted by molar-refractivity contribution is 6.31. The average Bonchev–Trinajstić information content (AvgIpc) is 2.48. The molecule has 1 heterocycles. The minimum atomic E-state index is -0.00572. The van der Waals surface area contributed by atoms with Gasteiger partial charge in [0.25, 0.3) is 0 Å². The first kappa shape index (κ1) is 16.3. The van der Waals surface area contributed by atoms with E-state index in [2.05, 4.69) is 10.2 Å². The van der Waals surface area contributed by atoms with E-state index in [-0.39, 0.29) is 11.7 Å². The molecule has 0 bridgehead atoms. The van der Waals surface area contributed by atoms with Crippen molar-refractivity contribution < 1.29 is 4.79 Å². The maximum absolute atomic E-state index is 12.2. The summed E-state index contributed by atoms with van der Waals surface area (Å²) in [5.74, 6) is 0.154. The number of hydrogen-bond donors (Lipinski definition) is 1. The van der Waals surface area contributed by atoms with E-state index in [0.29, 0.717) is 5.02 Å². The van der Waals surface area contributed by atoms with Crippen molar-refractivity contribution in [3.8, 4) is 0 Å². The Morgan fingerprint density at radius 2 is 2.00 bits per heavy atom. The van der Waals surface area contributed by atoms with Gasteiger partial charge in [-0.25, -0.2) is 0 Å². The first-order valence-electron chi connectivity index (χ1n) is 7.88. The summed E-state index contributed by atoms with van der Waals surface area (Å²) in [6.45, 7) is 8.09. The van der Waals surface area contributed by atoms with E-state index in [1.165, 1.54) is 32.4 Å². The molecule has 1 fully saturated rings. The number of nitrogens with zero attached hydrogens (tertiary/aromatic N) is 1. The number of benzene rings is 1. The van der Waals surface area contributed by atoms with Gasteiger partial charge in [0.15, 0.2) is 5.78 Å². The summed E-state index contributed by atoms with van der Waals surface area (Å²) in [7, 11) is 0. The standard InChI is InChI=1S/C17H25ClN2O/c1-13(2)17(21)15-7-6-14(18)12-16(15)19-8-11-20-9-4-3-5-10-20/h6-7,12-13,19H,3-5,8-11H2,1-2H3. The summed E-state index contributed by atoms with van der Waals surface area (Å²) in [5.41, 5.74) is 1.60. The SMILES string of the molecule is CC(C)C(=O)c1ccc(Cl)cc1NCCN1CCCCC1. The van der Waals surface area contributed by atoms with E-state index in [1.807, 2.05) is 26.0 Å². The zero-order valence-electron chi connectivity index (χ0n) is 13.0. The minimum Gasteiger partial charge on any atom is -0.383 e. The molecule has 1 aliphatic rings. The van der Waals surface area contributed by atoms with Crippen molar-refractivity contribution >= 4 is 23.1 Å². The Morgan fingerprint density at radius 1 is 1.29 bits per heavy atom. The third-order valence-electron chi connectivity index (χ3n) is 3.96. The fourth-order valence-corrected chi connectivity index (χ4v) is 2.89. The molecule has 1 aromatic rings. The second-order valence-corrected chi connectivity index (χ2v) is 6.47. The second kappa shape index (κ2) is 7.81. The van der Waals surface area contributed by atoms with Crippen LogP contribution in [0.15, 0.2) is 18.2 Å². The van der Waals surface area contributed by atoms with Crippen LogP contribution >= 0.6 is 11.6 Å². The van der Waals surface area contributed by atoms with Crippen LogP contribution in [-0.4, -0.2) is 36.9 Å². The van der Waals surface area contributed by atoms with Crippen LogP contribution in [0.1, 0.15) is 43.5 Å². The molecule has 1 N–H and O–H groups in total. The highest BCUT2D eigenvalue weighted by Crippen LogP contribution is 2.23.